The number of hydrogen-bond donors (Lipinski definition) is 1. The van der Waals surface area contributed by atoms with Crippen LogP contribution in [0.3, 0.4) is 0 Å². The zero-order valence-electron chi connectivity index (χ0n) is 17.2. The molecule has 3 rings (SSSR count). The molecule has 0 aliphatic rings. The molecule has 2 aromatic carbocycles. The van der Waals surface area contributed by atoms with Gasteiger partial charge in [0.15, 0.2) is 0 Å². The monoisotopic (exact) mass is 480 g/mol. The number of rotatable bonds is 7. The van der Waals surface area contributed by atoms with E-state index in [9.17, 15) is 13.2 Å². The zero-order chi connectivity index (χ0) is 22.8. The Morgan fingerprint density at radius 2 is 1.87 bits per heavy atom. The second-order valence-electron chi connectivity index (χ2n) is 7.06. The van der Waals surface area contributed by atoms with E-state index >= 15 is 0 Å². The van der Waals surface area contributed by atoms with Gasteiger partial charge in [-0.1, -0.05) is 35.3 Å². The van der Waals surface area contributed by atoms with Gasteiger partial charge >= 0.3 is 0 Å². The number of benzene rings is 2. The molecule has 0 aliphatic carbocycles. The van der Waals surface area contributed by atoms with Gasteiger partial charge in [0, 0.05) is 29.6 Å². The number of amides is 1. The molecule has 0 saturated carbocycles. The summed E-state index contributed by atoms with van der Waals surface area (Å²) in [4.78, 5) is 17.0. The fraction of sp³-hybridized carbons (Fsp3) is 0.238. The molecule has 1 aromatic heterocycles. The minimum absolute atomic E-state index is 0.152. The van der Waals surface area contributed by atoms with E-state index in [4.69, 9.17) is 23.2 Å². The van der Waals surface area contributed by atoms with E-state index in [-0.39, 0.29) is 17.3 Å². The summed E-state index contributed by atoms with van der Waals surface area (Å²) in [6.45, 7) is 3.65. The Balaban J connectivity index is 1.74. The van der Waals surface area contributed by atoms with E-state index < -0.39 is 22.0 Å². The van der Waals surface area contributed by atoms with Crippen molar-refractivity contribution in [3.8, 4) is 5.69 Å². The van der Waals surface area contributed by atoms with Gasteiger partial charge in [-0.15, -0.1) is 0 Å². The standard InChI is InChI=1S/C21H22Cl2N4O3S/c1-14(27(31(3,29)30)20-12-17(22)6-9-19(20)23)21(28)25-13-16-4-7-18(8-5-16)26-11-10-24-15(26)2/h4-12,14H,13H2,1-3H3,(H,25,28)/t14-/m1/s1. The lowest BCUT2D eigenvalue weighted by Gasteiger charge is -2.29. The molecular formula is C21H22Cl2N4O3S. The van der Waals surface area contributed by atoms with Crippen LogP contribution in [0, 0.1) is 6.92 Å². The highest BCUT2D eigenvalue weighted by atomic mass is 35.5. The summed E-state index contributed by atoms with van der Waals surface area (Å²) in [6, 6.07) is 11.1. The minimum atomic E-state index is -3.80. The van der Waals surface area contributed by atoms with E-state index in [0.29, 0.717) is 5.02 Å². The van der Waals surface area contributed by atoms with Gasteiger partial charge in [0.05, 0.1) is 17.0 Å². The van der Waals surface area contributed by atoms with Crippen LogP contribution in [-0.2, 0) is 21.4 Å². The average Bonchev–Trinajstić information content (AvgIpc) is 3.14. The van der Waals surface area contributed by atoms with Crippen molar-refractivity contribution in [1.29, 1.82) is 0 Å². The summed E-state index contributed by atoms with van der Waals surface area (Å²) in [5, 5.41) is 3.27. The maximum absolute atomic E-state index is 12.8. The maximum atomic E-state index is 12.8. The number of nitrogens with one attached hydrogen (secondary N) is 1. The Morgan fingerprint density at radius 3 is 2.45 bits per heavy atom. The molecule has 0 fully saturated rings. The first-order chi connectivity index (χ1) is 14.6. The van der Waals surface area contributed by atoms with Crippen molar-refractivity contribution in [2.24, 2.45) is 0 Å². The van der Waals surface area contributed by atoms with Gasteiger partial charge in [0.2, 0.25) is 15.9 Å². The summed E-state index contributed by atoms with van der Waals surface area (Å²) in [6.07, 6.45) is 4.62. The van der Waals surface area contributed by atoms with E-state index in [0.717, 1.165) is 27.6 Å². The van der Waals surface area contributed by atoms with Crippen LogP contribution in [0.1, 0.15) is 18.3 Å². The molecule has 0 bridgehead atoms. The second-order valence-corrected chi connectivity index (χ2v) is 9.76. The van der Waals surface area contributed by atoms with Crippen molar-refractivity contribution in [2.45, 2.75) is 26.4 Å². The number of aryl methyl sites for hydroxylation is 1. The molecule has 0 spiro atoms. The normalized spacial score (nSPS) is 12.4. The molecule has 1 N–H and O–H groups in total. The van der Waals surface area contributed by atoms with Gasteiger partial charge in [-0.25, -0.2) is 13.4 Å². The van der Waals surface area contributed by atoms with Crippen LogP contribution in [0.5, 0.6) is 0 Å². The van der Waals surface area contributed by atoms with Crippen LogP contribution < -0.4 is 9.62 Å². The van der Waals surface area contributed by atoms with Gasteiger partial charge in [-0.2, -0.15) is 0 Å². The predicted molar refractivity (Wildman–Crippen MR) is 123 cm³/mol. The smallest absolute Gasteiger partial charge is 0.243 e. The Hall–Kier alpha value is -2.55. The lowest BCUT2D eigenvalue weighted by Crippen LogP contribution is -2.47. The quantitative estimate of drug-likeness (QED) is 0.554. The van der Waals surface area contributed by atoms with Crippen molar-refractivity contribution < 1.29 is 13.2 Å². The number of sulfonamides is 1. The van der Waals surface area contributed by atoms with Crippen molar-refractivity contribution >= 4 is 44.8 Å². The number of imidazole rings is 1. The number of carbonyl (C=O) groups is 1. The zero-order valence-corrected chi connectivity index (χ0v) is 19.5. The summed E-state index contributed by atoms with van der Waals surface area (Å²) >= 11 is 12.2. The number of aromatic nitrogens is 2. The van der Waals surface area contributed by atoms with E-state index in [2.05, 4.69) is 10.3 Å². The molecular weight excluding hydrogens is 459 g/mol. The van der Waals surface area contributed by atoms with Gasteiger partial charge in [-0.05, 0) is 49.7 Å². The van der Waals surface area contributed by atoms with Gasteiger partial charge in [0.25, 0.3) is 0 Å². The second kappa shape index (κ2) is 9.30. The van der Waals surface area contributed by atoms with Crippen LogP contribution in [0.15, 0.2) is 54.9 Å². The summed E-state index contributed by atoms with van der Waals surface area (Å²) < 4.78 is 27.8. The Kier molecular flexibility index (Phi) is 6.93. The van der Waals surface area contributed by atoms with Crippen LogP contribution >= 0.6 is 23.2 Å². The topological polar surface area (TPSA) is 84.3 Å². The van der Waals surface area contributed by atoms with Crippen molar-refractivity contribution in [2.75, 3.05) is 10.6 Å². The predicted octanol–water partition coefficient (Wildman–Crippen LogP) is 3.96. The third-order valence-electron chi connectivity index (χ3n) is 4.74. The first kappa shape index (κ1) is 23.1. The first-order valence-electron chi connectivity index (χ1n) is 9.39. The maximum Gasteiger partial charge on any atom is 0.243 e. The molecule has 10 heteroatoms. The third-order valence-corrected chi connectivity index (χ3v) is 6.52. The molecule has 0 radical (unpaired) electrons. The van der Waals surface area contributed by atoms with Gasteiger partial charge in [-0.3, -0.25) is 9.10 Å². The molecule has 0 aliphatic heterocycles. The summed E-state index contributed by atoms with van der Waals surface area (Å²) in [5.74, 6) is 0.409. The molecule has 7 nitrogen and oxygen atoms in total. The molecule has 3 aromatic rings. The Bertz CT molecular complexity index is 1190. The first-order valence-corrected chi connectivity index (χ1v) is 12.0. The van der Waals surface area contributed by atoms with Crippen molar-refractivity contribution in [3.63, 3.8) is 0 Å². The summed E-state index contributed by atoms with van der Waals surface area (Å²) in [7, 11) is -3.80. The highest BCUT2D eigenvalue weighted by Gasteiger charge is 2.30. The molecule has 0 unspecified atom stereocenters. The van der Waals surface area contributed by atoms with Gasteiger partial charge in [0.1, 0.15) is 11.9 Å². The minimum Gasteiger partial charge on any atom is -0.350 e. The van der Waals surface area contributed by atoms with Crippen molar-refractivity contribution in [1.82, 2.24) is 14.9 Å². The fourth-order valence-electron chi connectivity index (χ4n) is 3.20. The van der Waals surface area contributed by atoms with Crippen LogP contribution in [0.4, 0.5) is 5.69 Å². The molecule has 1 heterocycles. The van der Waals surface area contributed by atoms with Crippen LogP contribution in [0.25, 0.3) is 5.69 Å². The van der Waals surface area contributed by atoms with E-state index in [1.807, 2.05) is 42.0 Å². The largest absolute Gasteiger partial charge is 0.350 e. The lowest BCUT2D eigenvalue weighted by atomic mass is 10.2. The Morgan fingerprint density at radius 1 is 1.19 bits per heavy atom. The molecule has 1 amide bonds. The molecule has 1 atom stereocenters. The number of carbonyl (C=O) groups excluding carboxylic acids is 1. The van der Waals surface area contributed by atoms with Crippen LogP contribution in [0.2, 0.25) is 10.0 Å². The fourth-order valence-corrected chi connectivity index (χ4v) is 4.80. The summed E-state index contributed by atoms with van der Waals surface area (Å²) in [5.41, 5.74) is 1.98. The van der Waals surface area contributed by atoms with E-state index in [1.165, 1.54) is 19.1 Å². The van der Waals surface area contributed by atoms with Crippen molar-refractivity contribution in [3.05, 3.63) is 76.3 Å². The highest BCUT2D eigenvalue weighted by molar-refractivity contribution is 7.92. The van der Waals surface area contributed by atoms with Crippen LogP contribution in [-0.4, -0.2) is 36.2 Å². The Labute approximate surface area is 191 Å². The number of nitrogens with zero attached hydrogens (tertiary/aromatic N) is 3. The lowest BCUT2D eigenvalue weighted by molar-refractivity contribution is -0.122. The molecule has 164 valence electrons. The van der Waals surface area contributed by atoms with E-state index in [1.54, 1.807) is 12.3 Å². The third kappa shape index (κ3) is 5.39. The average molecular weight is 481 g/mol. The molecule has 0 saturated heterocycles. The SMILES string of the molecule is Cc1nccn1-c1ccc(CNC(=O)[C@@H](C)N(c2cc(Cl)ccc2Cl)S(C)(=O)=O)cc1. The van der Waals surface area contributed by atoms with Gasteiger partial charge < -0.3 is 9.88 Å². The number of anilines is 1. The highest BCUT2D eigenvalue weighted by Crippen LogP contribution is 2.32. The number of halogens is 2. The number of hydrogen-bond acceptors (Lipinski definition) is 4. The molecule has 31 heavy (non-hydrogen) atoms.